The van der Waals surface area contributed by atoms with Gasteiger partial charge in [-0.25, -0.2) is 9.97 Å². The van der Waals surface area contributed by atoms with Crippen LogP contribution in [0.4, 0.5) is 17.3 Å². The largest absolute Gasteiger partial charge is 0.323 e. The quantitative estimate of drug-likeness (QED) is 0.409. The Morgan fingerprint density at radius 2 is 1.87 bits per heavy atom. The number of aryl methyl sites for hydroxylation is 2. The molecule has 4 rings (SSSR count). The third-order valence-electron chi connectivity index (χ3n) is 4.85. The fourth-order valence-electron chi connectivity index (χ4n) is 3.17. The SMILES string of the molecule is Cc1ccc(Nc2ncc3cc(-c4cc([N+](=O)[O-])ccc4C)n(C)c(=O)c3n2)cn1. The van der Waals surface area contributed by atoms with E-state index in [9.17, 15) is 14.9 Å². The predicted octanol–water partition coefficient (Wildman–Crippen LogP) is 3.66. The van der Waals surface area contributed by atoms with Crippen molar-refractivity contribution in [1.29, 1.82) is 0 Å². The van der Waals surface area contributed by atoms with Gasteiger partial charge in [0.2, 0.25) is 5.95 Å². The summed E-state index contributed by atoms with van der Waals surface area (Å²) in [6.07, 6.45) is 3.22. The van der Waals surface area contributed by atoms with Gasteiger partial charge in [0.25, 0.3) is 11.2 Å². The van der Waals surface area contributed by atoms with Crippen LogP contribution in [0.15, 0.2) is 53.6 Å². The minimum Gasteiger partial charge on any atom is -0.323 e. The highest BCUT2D eigenvalue weighted by Gasteiger charge is 2.16. The van der Waals surface area contributed by atoms with Gasteiger partial charge in [0, 0.05) is 42.0 Å². The molecular formula is C21H18N6O3. The summed E-state index contributed by atoms with van der Waals surface area (Å²) in [5.74, 6) is 0.282. The molecule has 1 N–H and O–H groups in total. The Kier molecular flexibility index (Phi) is 4.71. The molecule has 9 nitrogen and oxygen atoms in total. The highest BCUT2D eigenvalue weighted by Crippen LogP contribution is 2.28. The number of fused-ring (bicyclic) bond motifs is 1. The lowest BCUT2D eigenvalue weighted by atomic mass is 10.0. The van der Waals surface area contributed by atoms with E-state index in [1.165, 1.54) is 16.7 Å². The van der Waals surface area contributed by atoms with E-state index >= 15 is 0 Å². The fraction of sp³-hybridized carbons (Fsp3) is 0.143. The van der Waals surface area contributed by atoms with Crippen LogP contribution in [0.5, 0.6) is 0 Å². The predicted molar refractivity (Wildman–Crippen MR) is 114 cm³/mol. The number of benzene rings is 1. The van der Waals surface area contributed by atoms with Gasteiger partial charge in [-0.05, 0) is 37.6 Å². The van der Waals surface area contributed by atoms with E-state index in [2.05, 4.69) is 20.3 Å². The molecule has 0 fully saturated rings. The summed E-state index contributed by atoms with van der Waals surface area (Å²) >= 11 is 0. The Hall–Kier alpha value is -4.14. The molecule has 0 spiro atoms. The number of nitro benzene ring substituents is 1. The van der Waals surface area contributed by atoms with E-state index in [0.717, 1.165) is 11.3 Å². The lowest BCUT2D eigenvalue weighted by Gasteiger charge is -2.13. The molecule has 30 heavy (non-hydrogen) atoms. The minimum absolute atomic E-state index is 0.0364. The zero-order valence-electron chi connectivity index (χ0n) is 16.6. The molecule has 0 aliphatic rings. The van der Waals surface area contributed by atoms with Gasteiger partial charge in [0.15, 0.2) is 0 Å². The van der Waals surface area contributed by atoms with Crippen LogP contribution in [0.2, 0.25) is 0 Å². The molecule has 0 radical (unpaired) electrons. The summed E-state index contributed by atoms with van der Waals surface area (Å²) < 4.78 is 1.44. The molecule has 4 aromatic rings. The number of nitrogens with zero attached hydrogens (tertiary/aromatic N) is 5. The molecule has 0 saturated carbocycles. The molecule has 0 saturated heterocycles. The molecule has 0 aliphatic heterocycles. The van der Waals surface area contributed by atoms with Gasteiger partial charge in [-0.1, -0.05) is 6.07 Å². The fourth-order valence-corrected chi connectivity index (χ4v) is 3.17. The van der Waals surface area contributed by atoms with Gasteiger partial charge >= 0.3 is 0 Å². The van der Waals surface area contributed by atoms with Crippen LogP contribution in [0, 0.1) is 24.0 Å². The van der Waals surface area contributed by atoms with Crippen LogP contribution in [-0.2, 0) is 7.05 Å². The smallest absolute Gasteiger partial charge is 0.277 e. The van der Waals surface area contributed by atoms with E-state index in [0.29, 0.717) is 22.3 Å². The monoisotopic (exact) mass is 402 g/mol. The summed E-state index contributed by atoms with van der Waals surface area (Å²) in [7, 11) is 1.62. The molecule has 1 aromatic carbocycles. The molecule has 0 atom stereocenters. The van der Waals surface area contributed by atoms with Gasteiger partial charge in [0.05, 0.1) is 22.5 Å². The molecule has 9 heteroatoms. The number of aromatic nitrogens is 4. The van der Waals surface area contributed by atoms with Crippen LogP contribution in [0.3, 0.4) is 0 Å². The zero-order valence-corrected chi connectivity index (χ0v) is 16.6. The number of pyridine rings is 2. The zero-order chi connectivity index (χ0) is 21.4. The van der Waals surface area contributed by atoms with E-state index in [1.54, 1.807) is 31.6 Å². The van der Waals surface area contributed by atoms with Crippen molar-refractivity contribution in [3.63, 3.8) is 0 Å². The van der Waals surface area contributed by atoms with Crippen molar-refractivity contribution >= 4 is 28.2 Å². The molecular weight excluding hydrogens is 384 g/mol. The third kappa shape index (κ3) is 3.48. The van der Waals surface area contributed by atoms with Crippen LogP contribution in [0.1, 0.15) is 11.3 Å². The molecule has 0 unspecified atom stereocenters. The van der Waals surface area contributed by atoms with Gasteiger partial charge < -0.3 is 9.88 Å². The Bertz CT molecular complexity index is 1350. The lowest BCUT2D eigenvalue weighted by Crippen LogP contribution is -2.20. The number of nitrogens with one attached hydrogen (secondary N) is 1. The van der Waals surface area contributed by atoms with Gasteiger partial charge in [-0.15, -0.1) is 0 Å². The molecule has 0 aliphatic carbocycles. The topological polar surface area (TPSA) is 116 Å². The van der Waals surface area contributed by atoms with Crippen LogP contribution < -0.4 is 10.9 Å². The van der Waals surface area contributed by atoms with Crippen LogP contribution >= 0.6 is 0 Å². The minimum atomic E-state index is -0.455. The maximum atomic E-state index is 13.0. The van der Waals surface area contributed by atoms with Gasteiger partial charge in [-0.3, -0.25) is 19.9 Å². The first-order valence-electron chi connectivity index (χ1n) is 9.15. The van der Waals surface area contributed by atoms with Crippen molar-refractivity contribution in [3.8, 4) is 11.3 Å². The number of rotatable bonds is 4. The summed E-state index contributed by atoms with van der Waals surface area (Å²) in [5.41, 5.74) is 3.48. The number of hydrogen-bond acceptors (Lipinski definition) is 7. The molecule has 3 heterocycles. The van der Waals surface area contributed by atoms with E-state index < -0.39 is 4.92 Å². The summed E-state index contributed by atoms with van der Waals surface area (Å²) in [5, 5.41) is 14.8. The van der Waals surface area contributed by atoms with E-state index in [4.69, 9.17) is 0 Å². The number of anilines is 2. The maximum Gasteiger partial charge on any atom is 0.277 e. The maximum absolute atomic E-state index is 13.0. The number of hydrogen-bond donors (Lipinski definition) is 1. The Morgan fingerprint density at radius 1 is 1.07 bits per heavy atom. The van der Waals surface area contributed by atoms with Crippen molar-refractivity contribution in [2.24, 2.45) is 7.05 Å². The van der Waals surface area contributed by atoms with E-state index in [-0.39, 0.29) is 22.7 Å². The molecule has 0 bridgehead atoms. The Balaban J connectivity index is 1.81. The third-order valence-corrected chi connectivity index (χ3v) is 4.85. The number of nitro groups is 1. The van der Waals surface area contributed by atoms with Gasteiger partial charge in [0.1, 0.15) is 5.52 Å². The molecule has 3 aromatic heterocycles. The van der Waals surface area contributed by atoms with Crippen LogP contribution in [0.25, 0.3) is 22.2 Å². The lowest BCUT2D eigenvalue weighted by molar-refractivity contribution is -0.384. The first-order valence-corrected chi connectivity index (χ1v) is 9.15. The summed E-state index contributed by atoms with van der Waals surface area (Å²) in [6.45, 7) is 3.73. The summed E-state index contributed by atoms with van der Waals surface area (Å²) in [6, 6.07) is 10.1. The second kappa shape index (κ2) is 7.36. The van der Waals surface area contributed by atoms with Crippen LogP contribution in [-0.4, -0.2) is 24.4 Å². The number of non-ortho nitro benzene ring substituents is 1. The average Bonchev–Trinajstić information content (AvgIpc) is 2.73. The van der Waals surface area contributed by atoms with Crippen molar-refractivity contribution in [2.45, 2.75) is 13.8 Å². The second-order valence-corrected chi connectivity index (χ2v) is 6.96. The molecule has 0 amide bonds. The first-order chi connectivity index (χ1) is 14.3. The standard InChI is InChI=1S/C21H18N6O3/c1-12-4-7-16(27(29)30)9-17(12)18-8-14-10-23-21(25-19(14)20(28)26(18)3)24-15-6-5-13(2)22-11-15/h4-11H,1-3H3,(H,23,24,25). The van der Waals surface area contributed by atoms with Gasteiger partial charge in [-0.2, -0.15) is 0 Å². The first kappa shape index (κ1) is 19.2. The van der Waals surface area contributed by atoms with Crippen molar-refractivity contribution in [2.75, 3.05) is 5.32 Å². The van der Waals surface area contributed by atoms with Crippen molar-refractivity contribution in [3.05, 3.63) is 80.5 Å². The summed E-state index contributed by atoms with van der Waals surface area (Å²) in [4.78, 5) is 36.6. The molecule has 150 valence electrons. The van der Waals surface area contributed by atoms with Crippen molar-refractivity contribution < 1.29 is 4.92 Å². The second-order valence-electron chi connectivity index (χ2n) is 6.96. The Labute approximate surface area is 171 Å². The highest BCUT2D eigenvalue weighted by atomic mass is 16.6. The van der Waals surface area contributed by atoms with Crippen molar-refractivity contribution in [1.82, 2.24) is 19.5 Å². The normalized spacial score (nSPS) is 10.9. The average molecular weight is 402 g/mol. The highest BCUT2D eigenvalue weighted by molar-refractivity contribution is 5.83. The van der Waals surface area contributed by atoms with E-state index in [1.807, 2.05) is 26.0 Å². The Morgan fingerprint density at radius 3 is 2.57 bits per heavy atom.